The minimum Gasteiger partial charge on any atom is -0.385 e. The van der Waals surface area contributed by atoms with Gasteiger partial charge in [0, 0.05) is 32.2 Å². The second-order valence-electron chi connectivity index (χ2n) is 7.89. The highest BCUT2D eigenvalue weighted by molar-refractivity contribution is 14.0. The zero-order chi connectivity index (χ0) is 18.2. The van der Waals surface area contributed by atoms with E-state index in [4.69, 9.17) is 9.73 Å². The van der Waals surface area contributed by atoms with Crippen LogP contribution < -0.4 is 10.6 Å². The van der Waals surface area contributed by atoms with Crippen molar-refractivity contribution in [1.82, 2.24) is 10.6 Å². The number of aliphatic imine (C=N–C) groups is 1. The van der Waals surface area contributed by atoms with E-state index in [0.29, 0.717) is 5.41 Å². The van der Waals surface area contributed by atoms with Gasteiger partial charge in [0.2, 0.25) is 0 Å². The van der Waals surface area contributed by atoms with Crippen molar-refractivity contribution in [1.29, 1.82) is 0 Å². The van der Waals surface area contributed by atoms with Crippen molar-refractivity contribution in [2.45, 2.75) is 51.9 Å². The van der Waals surface area contributed by atoms with Gasteiger partial charge in [0.1, 0.15) is 0 Å². The Morgan fingerprint density at radius 2 is 1.88 bits per heavy atom. The number of halogens is 1. The number of nitrogens with zero attached hydrogens (tertiary/aromatic N) is 1. The maximum Gasteiger partial charge on any atom is 0.191 e. The van der Waals surface area contributed by atoms with Crippen LogP contribution in [0.3, 0.4) is 0 Å². The molecule has 0 amide bonds. The Morgan fingerprint density at radius 3 is 2.42 bits per heavy atom. The maximum atomic E-state index is 5.30. The molecule has 26 heavy (non-hydrogen) atoms. The molecule has 0 bridgehead atoms. The summed E-state index contributed by atoms with van der Waals surface area (Å²) in [5.74, 6) is 0.926. The van der Waals surface area contributed by atoms with Gasteiger partial charge in [-0.05, 0) is 37.2 Å². The number of ether oxygens (including phenoxy) is 1. The first kappa shape index (κ1) is 23.2. The van der Waals surface area contributed by atoms with Gasteiger partial charge in [-0.3, -0.25) is 4.99 Å². The fraction of sp³-hybridized carbons (Fsp3) is 0.667. The van der Waals surface area contributed by atoms with Gasteiger partial charge in [0.15, 0.2) is 5.96 Å². The van der Waals surface area contributed by atoms with E-state index in [2.05, 4.69) is 61.7 Å². The van der Waals surface area contributed by atoms with Crippen LogP contribution in [0.2, 0.25) is 0 Å². The molecule has 0 saturated heterocycles. The molecular weight excluding hydrogens is 437 g/mol. The van der Waals surface area contributed by atoms with Crippen molar-refractivity contribution >= 4 is 29.9 Å². The number of methoxy groups -OCH3 is 1. The minimum atomic E-state index is 0. The third kappa shape index (κ3) is 6.72. The van der Waals surface area contributed by atoms with Crippen LogP contribution in [0, 0.1) is 5.41 Å². The molecule has 1 aromatic rings. The summed E-state index contributed by atoms with van der Waals surface area (Å²) in [5, 5.41) is 6.97. The lowest BCUT2D eigenvalue weighted by molar-refractivity contribution is 0.0732. The summed E-state index contributed by atoms with van der Waals surface area (Å²) in [6, 6.07) is 10.6. The van der Waals surface area contributed by atoms with Gasteiger partial charge < -0.3 is 15.4 Å². The highest BCUT2D eigenvalue weighted by atomic mass is 127. The van der Waals surface area contributed by atoms with E-state index in [1.807, 2.05) is 0 Å². The molecule has 0 spiro atoms. The molecule has 1 aromatic carbocycles. The summed E-state index contributed by atoms with van der Waals surface area (Å²) in [4.78, 5) is 4.87. The number of hydrogen-bond acceptors (Lipinski definition) is 2. The van der Waals surface area contributed by atoms with Crippen molar-refractivity contribution in [3.8, 4) is 0 Å². The summed E-state index contributed by atoms with van der Waals surface area (Å²) in [6.07, 6.45) is 5.04. The third-order valence-corrected chi connectivity index (χ3v) is 5.41. The van der Waals surface area contributed by atoms with E-state index in [1.54, 1.807) is 7.11 Å². The summed E-state index contributed by atoms with van der Waals surface area (Å²) in [6.45, 7) is 10.1. The Hall–Kier alpha value is -0.820. The zero-order valence-corrected chi connectivity index (χ0v) is 19.1. The highest BCUT2D eigenvalue weighted by Gasteiger charge is 2.36. The van der Waals surface area contributed by atoms with Crippen molar-refractivity contribution in [3.05, 3.63) is 35.9 Å². The van der Waals surface area contributed by atoms with Gasteiger partial charge >= 0.3 is 0 Å². The molecule has 1 fully saturated rings. The summed E-state index contributed by atoms with van der Waals surface area (Å²) < 4.78 is 5.30. The number of hydrogen-bond donors (Lipinski definition) is 2. The van der Waals surface area contributed by atoms with E-state index in [1.165, 1.54) is 24.8 Å². The number of benzene rings is 1. The topological polar surface area (TPSA) is 45.7 Å². The molecule has 0 aliphatic heterocycles. The van der Waals surface area contributed by atoms with Crippen molar-refractivity contribution in [3.63, 3.8) is 0 Å². The second kappa shape index (κ2) is 11.1. The van der Waals surface area contributed by atoms with Crippen LogP contribution in [0.5, 0.6) is 0 Å². The average Bonchev–Trinajstić information content (AvgIpc) is 2.59. The molecule has 148 valence electrons. The fourth-order valence-corrected chi connectivity index (χ4v) is 3.38. The molecule has 0 aromatic heterocycles. The Kier molecular flexibility index (Phi) is 9.93. The van der Waals surface area contributed by atoms with Gasteiger partial charge in [0.05, 0.1) is 6.54 Å². The average molecular weight is 473 g/mol. The molecule has 1 aliphatic carbocycles. The molecular formula is C21H36IN3O. The first-order valence-corrected chi connectivity index (χ1v) is 9.58. The quantitative estimate of drug-likeness (QED) is 0.319. The standard InChI is InChI=1S/C21H35N3O.HI/c1-5-22-19(24-17-21(12-9-13-21)14-15-25-4)23-16-20(2,3)18-10-7-6-8-11-18;/h6-8,10-11H,5,9,12-17H2,1-4H3,(H2,22,23,24);1H. The van der Waals surface area contributed by atoms with E-state index >= 15 is 0 Å². The van der Waals surface area contributed by atoms with E-state index in [0.717, 1.165) is 38.6 Å². The normalized spacial score (nSPS) is 16.4. The molecule has 0 atom stereocenters. The van der Waals surface area contributed by atoms with Crippen LogP contribution >= 0.6 is 24.0 Å². The highest BCUT2D eigenvalue weighted by Crippen LogP contribution is 2.43. The van der Waals surface area contributed by atoms with Gasteiger partial charge in [-0.15, -0.1) is 24.0 Å². The van der Waals surface area contributed by atoms with Gasteiger partial charge in [-0.1, -0.05) is 50.6 Å². The van der Waals surface area contributed by atoms with Crippen LogP contribution in [0.1, 0.15) is 52.0 Å². The Labute approximate surface area is 176 Å². The van der Waals surface area contributed by atoms with Gasteiger partial charge in [0.25, 0.3) is 0 Å². The van der Waals surface area contributed by atoms with Crippen LogP contribution in [-0.4, -0.2) is 39.3 Å². The number of guanidine groups is 1. The first-order chi connectivity index (χ1) is 12.0. The molecule has 1 saturated carbocycles. The first-order valence-electron chi connectivity index (χ1n) is 9.58. The predicted molar refractivity (Wildman–Crippen MR) is 122 cm³/mol. The SMILES string of the molecule is CCNC(=NCC(C)(C)c1ccccc1)NCC1(CCOC)CCC1.I. The van der Waals surface area contributed by atoms with Crippen LogP contribution in [-0.2, 0) is 10.2 Å². The number of nitrogens with one attached hydrogen (secondary N) is 2. The van der Waals surface area contributed by atoms with Crippen LogP contribution in [0.4, 0.5) is 0 Å². The molecule has 0 unspecified atom stereocenters. The number of rotatable bonds is 9. The molecule has 1 aliphatic rings. The summed E-state index contributed by atoms with van der Waals surface area (Å²) >= 11 is 0. The molecule has 2 N–H and O–H groups in total. The van der Waals surface area contributed by atoms with Crippen molar-refractivity contribution < 1.29 is 4.74 Å². The zero-order valence-electron chi connectivity index (χ0n) is 16.8. The molecule has 0 heterocycles. The Morgan fingerprint density at radius 1 is 1.19 bits per heavy atom. The largest absolute Gasteiger partial charge is 0.385 e. The molecule has 4 nitrogen and oxygen atoms in total. The fourth-order valence-electron chi connectivity index (χ4n) is 3.38. The smallest absolute Gasteiger partial charge is 0.191 e. The van der Waals surface area contributed by atoms with Gasteiger partial charge in [-0.25, -0.2) is 0 Å². The van der Waals surface area contributed by atoms with Crippen molar-refractivity contribution in [2.75, 3.05) is 33.4 Å². The van der Waals surface area contributed by atoms with Crippen LogP contribution in [0.25, 0.3) is 0 Å². The Bertz CT molecular complexity index is 541. The molecule has 0 radical (unpaired) electrons. The molecule has 5 heteroatoms. The van der Waals surface area contributed by atoms with E-state index in [-0.39, 0.29) is 29.4 Å². The van der Waals surface area contributed by atoms with E-state index < -0.39 is 0 Å². The summed E-state index contributed by atoms with van der Waals surface area (Å²) in [5.41, 5.74) is 1.74. The maximum absolute atomic E-state index is 5.30. The Balaban J connectivity index is 0.00000338. The second-order valence-corrected chi connectivity index (χ2v) is 7.89. The monoisotopic (exact) mass is 473 g/mol. The molecule has 2 rings (SSSR count). The third-order valence-electron chi connectivity index (χ3n) is 5.41. The predicted octanol–water partition coefficient (Wildman–Crippen LogP) is 4.34. The van der Waals surface area contributed by atoms with Crippen LogP contribution in [0.15, 0.2) is 35.3 Å². The lowest BCUT2D eigenvalue weighted by atomic mass is 9.67. The minimum absolute atomic E-state index is 0. The lowest BCUT2D eigenvalue weighted by Gasteiger charge is -2.42. The lowest BCUT2D eigenvalue weighted by Crippen LogP contribution is -2.47. The van der Waals surface area contributed by atoms with E-state index in [9.17, 15) is 0 Å². The van der Waals surface area contributed by atoms with Gasteiger partial charge in [-0.2, -0.15) is 0 Å². The van der Waals surface area contributed by atoms with Crippen molar-refractivity contribution in [2.24, 2.45) is 10.4 Å². The summed E-state index contributed by atoms with van der Waals surface area (Å²) in [7, 11) is 1.79.